The van der Waals surface area contributed by atoms with E-state index in [1.165, 1.54) is 22.3 Å². The quantitative estimate of drug-likeness (QED) is 0.309. The Kier molecular flexibility index (Phi) is 6.94. The van der Waals surface area contributed by atoms with E-state index in [9.17, 15) is 0 Å². The van der Waals surface area contributed by atoms with E-state index in [1.807, 2.05) is 0 Å². The van der Waals surface area contributed by atoms with E-state index in [0.717, 1.165) is 0 Å². The predicted molar refractivity (Wildman–Crippen MR) is 146 cm³/mol. The molecule has 0 aliphatic heterocycles. The van der Waals surface area contributed by atoms with Gasteiger partial charge in [0.05, 0.1) is 0 Å². The van der Waals surface area contributed by atoms with E-state index in [-0.39, 0.29) is 24.8 Å². The van der Waals surface area contributed by atoms with Crippen molar-refractivity contribution in [2.24, 2.45) is 0 Å². The average Bonchev–Trinajstić information content (AvgIpc) is 3.24. The molecular weight excluding hydrogens is 483 g/mol. The molecule has 5 rings (SSSR count). The normalized spacial score (nSPS) is 19.2. The summed E-state index contributed by atoms with van der Waals surface area (Å²) >= 11 is -3.06. The minimum absolute atomic E-state index is 0. The topological polar surface area (TPSA) is 0 Å². The van der Waals surface area contributed by atoms with Crippen LogP contribution in [0.25, 0.3) is 23.3 Å². The fraction of sp³-hybridized carbons (Fsp3) is 0.214. The van der Waals surface area contributed by atoms with Crippen LogP contribution < -0.4 is 0 Å². The van der Waals surface area contributed by atoms with Crippen LogP contribution in [0.3, 0.4) is 0 Å². The van der Waals surface area contributed by atoms with Crippen LogP contribution in [0.15, 0.2) is 83.9 Å². The zero-order chi connectivity index (χ0) is 21.1. The molecule has 2 aliphatic rings. The van der Waals surface area contributed by atoms with E-state index in [2.05, 4.69) is 117 Å². The molecular formula is C28H32Cl2SiTi. The molecule has 0 saturated carbocycles. The molecule has 0 spiro atoms. The Labute approximate surface area is 207 Å². The van der Waals surface area contributed by atoms with Crippen molar-refractivity contribution in [3.05, 3.63) is 106 Å². The molecule has 2 aliphatic carbocycles. The summed E-state index contributed by atoms with van der Waals surface area (Å²) in [5.41, 5.74) is 11.8. The molecule has 0 aromatic heterocycles. The van der Waals surface area contributed by atoms with Crippen LogP contribution in [-0.2, 0) is 14.0 Å². The molecule has 2 atom stereocenters. The van der Waals surface area contributed by atoms with Gasteiger partial charge >= 0.3 is 184 Å². The fourth-order valence-electron chi connectivity index (χ4n) is 6.58. The molecule has 4 heteroatoms. The minimum Gasteiger partial charge on any atom is -0.147 e. The van der Waals surface area contributed by atoms with Gasteiger partial charge in [-0.2, -0.15) is 0 Å². The van der Waals surface area contributed by atoms with E-state index >= 15 is 0 Å². The molecule has 0 fully saturated rings. The molecule has 0 amide bonds. The first-order valence-corrected chi connectivity index (χ1v) is 19.9. The maximum absolute atomic E-state index is 3.06. The van der Waals surface area contributed by atoms with Gasteiger partial charge in [0.15, 0.2) is 0 Å². The van der Waals surface area contributed by atoms with Gasteiger partial charge in [-0.1, -0.05) is 0 Å². The van der Waals surface area contributed by atoms with Gasteiger partial charge in [-0.15, -0.1) is 24.8 Å². The maximum atomic E-state index is 2.69. The van der Waals surface area contributed by atoms with Crippen molar-refractivity contribution in [2.75, 3.05) is 0 Å². The summed E-state index contributed by atoms with van der Waals surface area (Å²) in [5, 5.41) is 5.37. The van der Waals surface area contributed by atoms with E-state index in [4.69, 9.17) is 0 Å². The number of hydrogen-bond donors (Lipinski definition) is 0. The molecule has 0 bridgehead atoms. The number of hydrogen-bond acceptors (Lipinski definition) is 0. The first-order chi connectivity index (χ1) is 14.3. The number of fused-ring (bicyclic) bond motifs is 2. The Balaban J connectivity index is 0.00000144. The standard InChI is InChI=1S/C16H13.C10H9.2CH3.2ClH.H2Si.Ti/c1-12-10-14-8-5-9-15(16(14)11-12)13-6-3-2-4-7-13;1-8-6-9-4-2-3-5-10(9)7-8;;;;;;/h2-11H,1H3;2-7H,1H3;2*1H3;2*1H;1H2;. The Hall–Kier alpha value is -1.35. The molecule has 0 heterocycles. The zero-order valence-corrected chi connectivity index (χ0v) is 23.9. The van der Waals surface area contributed by atoms with Gasteiger partial charge in [-0.25, -0.2) is 0 Å². The summed E-state index contributed by atoms with van der Waals surface area (Å²) in [6, 6.07) is 26.9. The van der Waals surface area contributed by atoms with Crippen molar-refractivity contribution in [3.8, 4) is 11.1 Å². The van der Waals surface area contributed by atoms with Crippen molar-refractivity contribution >= 4 is 44.6 Å². The van der Waals surface area contributed by atoms with Crippen LogP contribution in [0.2, 0.25) is 10.5 Å². The number of rotatable bonds is 3. The third kappa shape index (κ3) is 3.83. The van der Waals surface area contributed by atoms with Crippen LogP contribution in [0.1, 0.15) is 44.5 Å². The van der Waals surface area contributed by atoms with Gasteiger partial charge in [0.1, 0.15) is 0 Å². The fourth-order valence-corrected chi connectivity index (χ4v) is 20.5. The van der Waals surface area contributed by atoms with Gasteiger partial charge in [0.25, 0.3) is 0 Å². The molecule has 2 unspecified atom stereocenters. The van der Waals surface area contributed by atoms with Gasteiger partial charge in [-0.05, 0) is 0 Å². The molecule has 0 radical (unpaired) electrons. The SMILES string of the molecule is CC1=Cc2ccccc2[CH]1[Ti]([CH3])([CH3])(=[SiH2])[CH]1C(C)=Cc2c(-c3ccccc3)cccc21.Cl.Cl. The first-order valence-electron chi connectivity index (χ1n) is 11.0. The van der Waals surface area contributed by atoms with Crippen molar-refractivity contribution < 1.29 is 14.0 Å². The van der Waals surface area contributed by atoms with E-state index in [1.54, 1.807) is 22.3 Å². The Morgan fingerprint density at radius 1 is 0.656 bits per heavy atom. The third-order valence-corrected chi connectivity index (χ3v) is 19.1. The second-order valence-corrected chi connectivity index (χ2v) is 30.6. The molecule has 32 heavy (non-hydrogen) atoms. The predicted octanol–water partition coefficient (Wildman–Crippen LogP) is 8.15. The number of halogens is 2. The van der Waals surface area contributed by atoms with Crippen LogP contribution in [-0.4, -0.2) is 7.63 Å². The number of allylic oxidation sites excluding steroid dienone is 2. The molecule has 0 saturated heterocycles. The largest absolute Gasteiger partial charge is 0.147 e. The van der Waals surface area contributed by atoms with E-state index < -0.39 is 14.0 Å². The third-order valence-electron chi connectivity index (χ3n) is 7.40. The van der Waals surface area contributed by atoms with Crippen LogP contribution >= 0.6 is 24.8 Å². The molecule has 0 nitrogen and oxygen atoms in total. The van der Waals surface area contributed by atoms with Crippen LogP contribution in [0, 0.1) is 0 Å². The first kappa shape index (κ1) is 25.3. The monoisotopic (exact) mass is 514 g/mol. The van der Waals surface area contributed by atoms with Gasteiger partial charge < -0.3 is 0 Å². The second-order valence-electron chi connectivity index (χ2n) is 10.4. The summed E-state index contributed by atoms with van der Waals surface area (Å²) in [7, 11) is 2.40. The van der Waals surface area contributed by atoms with Crippen LogP contribution in [0.4, 0.5) is 0 Å². The van der Waals surface area contributed by atoms with Gasteiger partial charge in [-0.3, -0.25) is 0 Å². The van der Waals surface area contributed by atoms with E-state index in [0.29, 0.717) is 8.45 Å². The average molecular weight is 515 g/mol. The summed E-state index contributed by atoms with van der Waals surface area (Å²) in [5.74, 6) is 0. The summed E-state index contributed by atoms with van der Waals surface area (Å²) in [6.07, 6.45) is 4.94. The van der Waals surface area contributed by atoms with Gasteiger partial charge in [0.2, 0.25) is 0 Å². The van der Waals surface area contributed by atoms with Crippen LogP contribution in [0.5, 0.6) is 0 Å². The summed E-state index contributed by atoms with van der Waals surface area (Å²) in [4.78, 5) is 0. The Morgan fingerprint density at radius 2 is 1.22 bits per heavy atom. The molecule has 0 N–H and O–H groups in total. The second kappa shape index (κ2) is 8.78. The Morgan fingerprint density at radius 3 is 1.94 bits per heavy atom. The maximum Gasteiger partial charge on any atom is -0.147 e. The summed E-state index contributed by atoms with van der Waals surface area (Å²) < 4.78 is 1.16. The number of benzene rings is 3. The minimum atomic E-state index is -3.06. The Bertz CT molecular complexity index is 1300. The summed E-state index contributed by atoms with van der Waals surface area (Å²) in [6.45, 7) is 4.74. The van der Waals surface area contributed by atoms with Crippen molar-refractivity contribution in [1.82, 2.24) is 0 Å². The molecule has 3 aromatic rings. The van der Waals surface area contributed by atoms with Crippen molar-refractivity contribution in [1.29, 1.82) is 0 Å². The molecule has 3 aromatic carbocycles. The molecule has 166 valence electrons. The van der Waals surface area contributed by atoms with Crippen molar-refractivity contribution in [3.63, 3.8) is 0 Å². The zero-order valence-electron chi connectivity index (χ0n) is 19.3. The van der Waals surface area contributed by atoms with Gasteiger partial charge in [0, 0.05) is 0 Å². The van der Waals surface area contributed by atoms with Crippen molar-refractivity contribution in [2.45, 2.75) is 32.7 Å². The smallest absolute Gasteiger partial charge is 0.147 e.